The van der Waals surface area contributed by atoms with Gasteiger partial charge in [0.1, 0.15) is 11.0 Å². The molecule has 2 rings (SSSR count). The summed E-state index contributed by atoms with van der Waals surface area (Å²) in [5.41, 5.74) is 0.280. The summed E-state index contributed by atoms with van der Waals surface area (Å²) in [4.78, 5) is 3.81. The van der Waals surface area contributed by atoms with E-state index >= 15 is 0 Å². The molecule has 0 amide bonds. The summed E-state index contributed by atoms with van der Waals surface area (Å²) in [6.45, 7) is 5.50. The third-order valence-electron chi connectivity index (χ3n) is 3.96. The molecule has 0 aromatic carbocycles. The van der Waals surface area contributed by atoms with Crippen LogP contribution < -0.4 is 10.0 Å². The maximum atomic E-state index is 12.3. The highest BCUT2D eigenvalue weighted by atomic mass is 32.2. The molecule has 0 radical (unpaired) electrons. The Labute approximate surface area is 125 Å². The zero-order valence-electron chi connectivity index (χ0n) is 12.3. The van der Waals surface area contributed by atoms with Crippen molar-refractivity contribution >= 4 is 10.0 Å². The van der Waals surface area contributed by atoms with Crippen LogP contribution in [0.1, 0.15) is 32.3 Å². The van der Waals surface area contributed by atoms with Gasteiger partial charge in [-0.15, -0.1) is 0 Å². The number of piperidine rings is 1. The number of hydrogen-bond donors (Lipinski definition) is 2. The van der Waals surface area contributed by atoms with Gasteiger partial charge >= 0.3 is 0 Å². The molecular weight excluding hydrogens is 288 g/mol. The van der Waals surface area contributed by atoms with E-state index in [2.05, 4.69) is 28.9 Å². The molecule has 7 heteroatoms. The number of sulfonamides is 1. The topological polar surface area (TPSA) is 94.9 Å². The summed E-state index contributed by atoms with van der Waals surface area (Å²) >= 11 is 0. The van der Waals surface area contributed by atoms with Gasteiger partial charge in [0.15, 0.2) is 0 Å². The number of nitriles is 1. The minimum atomic E-state index is -3.65. The first-order valence-electron chi connectivity index (χ1n) is 6.93. The van der Waals surface area contributed by atoms with Crippen molar-refractivity contribution in [1.82, 2.24) is 15.0 Å². The predicted molar refractivity (Wildman–Crippen MR) is 78.9 cm³/mol. The molecule has 1 fully saturated rings. The van der Waals surface area contributed by atoms with Gasteiger partial charge in [-0.05, 0) is 30.9 Å². The molecule has 0 spiro atoms. The Kier molecular flexibility index (Phi) is 4.61. The van der Waals surface area contributed by atoms with Crippen molar-refractivity contribution in [2.24, 2.45) is 5.41 Å². The van der Waals surface area contributed by atoms with E-state index < -0.39 is 10.0 Å². The van der Waals surface area contributed by atoms with Crippen molar-refractivity contribution in [2.75, 3.05) is 13.1 Å². The van der Waals surface area contributed by atoms with Crippen LogP contribution in [0.3, 0.4) is 0 Å². The van der Waals surface area contributed by atoms with Crippen molar-refractivity contribution < 1.29 is 8.42 Å². The van der Waals surface area contributed by atoms with Crippen molar-refractivity contribution in [3.63, 3.8) is 0 Å². The summed E-state index contributed by atoms with van der Waals surface area (Å²) in [7, 11) is -3.65. The van der Waals surface area contributed by atoms with Gasteiger partial charge in [0.25, 0.3) is 0 Å². The van der Waals surface area contributed by atoms with Gasteiger partial charge in [0, 0.05) is 25.0 Å². The second kappa shape index (κ2) is 6.10. The Hall–Kier alpha value is -1.49. The number of nitrogens with one attached hydrogen (secondary N) is 2. The average molecular weight is 308 g/mol. The number of nitrogens with zero attached hydrogens (tertiary/aromatic N) is 2. The standard InChI is InChI=1S/C14H20N4O2S/c1-14(2)4-3-5-17-13(14)10-18-21(19,20)12-6-11(7-15)8-16-9-12/h6,8-9,13,17-18H,3-5,10H2,1-2H3. The van der Waals surface area contributed by atoms with E-state index in [1.54, 1.807) is 0 Å². The fraction of sp³-hybridized carbons (Fsp3) is 0.571. The van der Waals surface area contributed by atoms with Crippen LogP contribution in [0.15, 0.2) is 23.4 Å². The normalized spacial score (nSPS) is 21.7. The van der Waals surface area contributed by atoms with Crippen molar-refractivity contribution in [3.8, 4) is 6.07 Å². The molecule has 114 valence electrons. The molecular formula is C14H20N4O2S. The fourth-order valence-electron chi connectivity index (χ4n) is 2.52. The van der Waals surface area contributed by atoms with Gasteiger partial charge in [0.05, 0.1) is 5.56 Å². The quantitative estimate of drug-likeness (QED) is 0.865. The Morgan fingerprint density at radius 1 is 1.52 bits per heavy atom. The van der Waals surface area contributed by atoms with Gasteiger partial charge in [-0.3, -0.25) is 4.98 Å². The number of hydrogen-bond acceptors (Lipinski definition) is 5. The van der Waals surface area contributed by atoms with E-state index in [0.717, 1.165) is 19.4 Å². The number of pyridine rings is 1. The monoisotopic (exact) mass is 308 g/mol. The summed E-state index contributed by atoms with van der Waals surface area (Å²) in [5, 5.41) is 12.2. The molecule has 1 atom stereocenters. The zero-order valence-corrected chi connectivity index (χ0v) is 13.1. The largest absolute Gasteiger partial charge is 0.312 e. The summed E-state index contributed by atoms with van der Waals surface area (Å²) in [6, 6.07) is 3.31. The molecule has 1 aromatic heterocycles. The van der Waals surface area contributed by atoms with Crippen LogP contribution in [-0.2, 0) is 10.0 Å². The van der Waals surface area contributed by atoms with Gasteiger partial charge in [-0.25, -0.2) is 13.1 Å². The predicted octanol–water partition coefficient (Wildman–Crippen LogP) is 1.01. The van der Waals surface area contributed by atoms with Crippen LogP contribution in [0, 0.1) is 16.7 Å². The minimum absolute atomic E-state index is 0.0233. The molecule has 1 unspecified atom stereocenters. The smallest absolute Gasteiger partial charge is 0.242 e. The lowest BCUT2D eigenvalue weighted by Gasteiger charge is -2.39. The molecule has 21 heavy (non-hydrogen) atoms. The summed E-state index contributed by atoms with van der Waals surface area (Å²) in [5.74, 6) is 0. The molecule has 0 bridgehead atoms. The lowest BCUT2D eigenvalue weighted by molar-refractivity contribution is 0.181. The highest BCUT2D eigenvalue weighted by Crippen LogP contribution is 2.29. The lowest BCUT2D eigenvalue weighted by atomic mass is 9.78. The van der Waals surface area contributed by atoms with Gasteiger partial charge in [-0.1, -0.05) is 13.8 Å². The van der Waals surface area contributed by atoms with Crippen LogP contribution in [-0.4, -0.2) is 32.5 Å². The van der Waals surface area contributed by atoms with Crippen LogP contribution in [0.5, 0.6) is 0 Å². The molecule has 1 aliphatic rings. The average Bonchev–Trinajstić information content (AvgIpc) is 2.46. The van der Waals surface area contributed by atoms with E-state index in [9.17, 15) is 8.42 Å². The molecule has 2 N–H and O–H groups in total. The molecule has 0 saturated carbocycles. The van der Waals surface area contributed by atoms with Crippen molar-refractivity contribution in [2.45, 2.75) is 37.6 Å². The summed E-state index contributed by atoms with van der Waals surface area (Å²) in [6.07, 6.45) is 4.76. The van der Waals surface area contributed by atoms with Crippen LogP contribution >= 0.6 is 0 Å². The first kappa shape index (κ1) is 15.9. The summed E-state index contributed by atoms with van der Waals surface area (Å²) < 4.78 is 27.1. The van der Waals surface area contributed by atoms with Crippen LogP contribution in [0.4, 0.5) is 0 Å². The Morgan fingerprint density at radius 3 is 2.95 bits per heavy atom. The van der Waals surface area contributed by atoms with E-state index in [1.165, 1.54) is 18.5 Å². The van der Waals surface area contributed by atoms with Crippen LogP contribution in [0.25, 0.3) is 0 Å². The minimum Gasteiger partial charge on any atom is -0.312 e. The van der Waals surface area contributed by atoms with E-state index in [-0.39, 0.29) is 21.9 Å². The molecule has 1 saturated heterocycles. The van der Waals surface area contributed by atoms with E-state index in [4.69, 9.17) is 5.26 Å². The van der Waals surface area contributed by atoms with E-state index in [0.29, 0.717) is 6.54 Å². The number of aromatic nitrogens is 1. The highest BCUT2D eigenvalue weighted by molar-refractivity contribution is 7.89. The molecule has 0 aliphatic carbocycles. The maximum Gasteiger partial charge on any atom is 0.242 e. The first-order valence-corrected chi connectivity index (χ1v) is 8.42. The van der Waals surface area contributed by atoms with Gasteiger partial charge in [-0.2, -0.15) is 5.26 Å². The SMILES string of the molecule is CC1(C)CCCNC1CNS(=O)(=O)c1cncc(C#N)c1. The Balaban J connectivity index is 2.09. The third kappa shape index (κ3) is 3.79. The van der Waals surface area contributed by atoms with E-state index in [1.807, 2.05) is 6.07 Å². The maximum absolute atomic E-state index is 12.3. The second-order valence-electron chi connectivity index (χ2n) is 5.97. The number of rotatable bonds is 4. The second-order valence-corrected chi connectivity index (χ2v) is 7.74. The molecule has 6 nitrogen and oxygen atoms in total. The lowest BCUT2D eigenvalue weighted by Crippen LogP contribution is -2.52. The molecule has 1 aliphatic heterocycles. The Morgan fingerprint density at radius 2 is 2.29 bits per heavy atom. The van der Waals surface area contributed by atoms with Crippen molar-refractivity contribution in [3.05, 3.63) is 24.0 Å². The molecule has 2 heterocycles. The van der Waals surface area contributed by atoms with Gasteiger partial charge in [0.2, 0.25) is 10.0 Å². The highest BCUT2D eigenvalue weighted by Gasteiger charge is 2.32. The molecule has 1 aromatic rings. The third-order valence-corrected chi connectivity index (χ3v) is 5.35. The van der Waals surface area contributed by atoms with Gasteiger partial charge < -0.3 is 5.32 Å². The van der Waals surface area contributed by atoms with Crippen molar-refractivity contribution in [1.29, 1.82) is 5.26 Å². The first-order chi connectivity index (χ1) is 9.85. The fourth-order valence-corrected chi connectivity index (χ4v) is 3.56. The zero-order chi connectivity index (χ0) is 15.5. The van der Waals surface area contributed by atoms with Crippen LogP contribution in [0.2, 0.25) is 0 Å². The Bertz CT molecular complexity index is 649.